The largest absolute Gasteiger partial charge is 0.354 e. The van der Waals surface area contributed by atoms with Crippen LogP contribution in [0.5, 0.6) is 0 Å². The highest BCUT2D eigenvalue weighted by Gasteiger charge is 2.27. The first kappa shape index (κ1) is 21.6. The molecule has 27 heavy (non-hydrogen) atoms. The SMILES string of the molecule is Cl.O=C(NCC1CCCN(C(=O)Cc2c(F)cccc2F)C1)C1CCCN1. The summed E-state index contributed by atoms with van der Waals surface area (Å²) >= 11 is 0. The van der Waals surface area contributed by atoms with Gasteiger partial charge in [-0.3, -0.25) is 9.59 Å². The van der Waals surface area contributed by atoms with Gasteiger partial charge in [-0.05, 0) is 50.3 Å². The van der Waals surface area contributed by atoms with Gasteiger partial charge < -0.3 is 15.5 Å². The van der Waals surface area contributed by atoms with E-state index in [9.17, 15) is 18.4 Å². The van der Waals surface area contributed by atoms with Gasteiger partial charge in [0.25, 0.3) is 0 Å². The maximum atomic E-state index is 13.7. The Labute approximate surface area is 164 Å². The van der Waals surface area contributed by atoms with E-state index in [1.54, 1.807) is 4.90 Å². The number of likely N-dealkylation sites (tertiary alicyclic amines) is 1. The summed E-state index contributed by atoms with van der Waals surface area (Å²) in [7, 11) is 0. The second-order valence-corrected chi connectivity index (χ2v) is 7.12. The van der Waals surface area contributed by atoms with E-state index in [1.165, 1.54) is 6.07 Å². The summed E-state index contributed by atoms with van der Waals surface area (Å²) in [6, 6.07) is 3.51. The summed E-state index contributed by atoms with van der Waals surface area (Å²) in [5.74, 6) is -1.48. The highest BCUT2D eigenvalue weighted by molar-refractivity contribution is 5.85. The van der Waals surface area contributed by atoms with Crippen molar-refractivity contribution in [2.24, 2.45) is 5.92 Å². The second-order valence-electron chi connectivity index (χ2n) is 7.12. The van der Waals surface area contributed by atoms with E-state index in [0.717, 1.165) is 44.4 Å². The highest BCUT2D eigenvalue weighted by Crippen LogP contribution is 2.19. The first-order chi connectivity index (χ1) is 12.5. The Bertz CT molecular complexity index is 648. The number of hydrogen-bond donors (Lipinski definition) is 2. The summed E-state index contributed by atoms with van der Waals surface area (Å²) in [5, 5.41) is 6.12. The van der Waals surface area contributed by atoms with Gasteiger partial charge >= 0.3 is 0 Å². The number of halogens is 3. The molecule has 5 nitrogen and oxygen atoms in total. The number of piperidine rings is 1. The second kappa shape index (κ2) is 9.99. The van der Waals surface area contributed by atoms with E-state index < -0.39 is 11.6 Å². The summed E-state index contributed by atoms with van der Waals surface area (Å²) in [6.45, 7) is 2.49. The number of rotatable bonds is 5. The van der Waals surface area contributed by atoms with E-state index in [0.29, 0.717) is 19.6 Å². The molecule has 2 aliphatic heterocycles. The number of nitrogens with one attached hydrogen (secondary N) is 2. The number of carbonyl (C=O) groups excluding carboxylic acids is 2. The minimum atomic E-state index is -0.691. The van der Waals surface area contributed by atoms with Crippen molar-refractivity contribution in [1.29, 1.82) is 0 Å². The van der Waals surface area contributed by atoms with Gasteiger partial charge in [-0.1, -0.05) is 6.07 Å². The van der Waals surface area contributed by atoms with Gasteiger partial charge in [0.05, 0.1) is 12.5 Å². The Morgan fingerprint density at radius 1 is 1.19 bits per heavy atom. The highest BCUT2D eigenvalue weighted by atomic mass is 35.5. The molecule has 150 valence electrons. The van der Waals surface area contributed by atoms with Gasteiger partial charge in [0.15, 0.2) is 0 Å². The topological polar surface area (TPSA) is 61.4 Å². The minimum Gasteiger partial charge on any atom is -0.354 e. The van der Waals surface area contributed by atoms with Crippen molar-refractivity contribution in [2.45, 2.75) is 38.1 Å². The molecule has 0 aromatic heterocycles. The van der Waals surface area contributed by atoms with E-state index in [4.69, 9.17) is 0 Å². The van der Waals surface area contributed by atoms with Gasteiger partial charge in [0, 0.05) is 25.2 Å². The van der Waals surface area contributed by atoms with E-state index in [1.807, 2.05) is 0 Å². The maximum absolute atomic E-state index is 13.7. The number of nitrogens with zero attached hydrogens (tertiary/aromatic N) is 1. The smallest absolute Gasteiger partial charge is 0.237 e. The molecule has 3 rings (SSSR count). The molecule has 0 aliphatic carbocycles. The lowest BCUT2D eigenvalue weighted by Crippen LogP contribution is -2.47. The molecule has 1 aromatic rings. The number of carbonyl (C=O) groups is 2. The summed E-state index contributed by atoms with van der Waals surface area (Å²) < 4.78 is 27.5. The molecule has 2 saturated heterocycles. The Hall–Kier alpha value is -1.73. The van der Waals surface area contributed by atoms with Crippen LogP contribution in [0, 0.1) is 17.6 Å². The molecule has 1 aromatic carbocycles. The van der Waals surface area contributed by atoms with Crippen LogP contribution in [0.4, 0.5) is 8.78 Å². The van der Waals surface area contributed by atoms with Crippen LogP contribution in [-0.4, -0.2) is 48.9 Å². The average molecular weight is 402 g/mol. The zero-order chi connectivity index (χ0) is 18.5. The first-order valence-electron chi connectivity index (χ1n) is 9.26. The Kier molecular flexibility index (Phi) is 7.98. The van der Waals surface area contributed by atoms with Crippen LogP contribution in [0.2, 0.25) is 0 Å². The van der Waals surface area contributed by atoms with Crippen LogP contribution in [0.1, 0.15) is 31.2 Å². The Balaban J connectivity index is 0.00000261. The zero-order valence-electron chi connectivity index (χ0n) is 15.2. The summed E-state index contributed by atoms with van der Waals surface area (Å²) in [6.07, 6.45) is 3.35. The third-order valence-electron chi connectivity index (χ3n) is 5.20. The molecule has 2 heterocycles. The molecule has 0 radical (unpaired) electrons. The van der Waals surface area contributed by atoms with Crippen molar-refractivity contribution >= 4 is 24.2 Å². The molecule has 0 spiro atoms. The number of hydrogen-bond acceptors (Lipinski definition) is 3. The van der Waals surface area contributed by atoms with Gasteiger partial charge in [0.1, 0.15) is 11.6 Å². The van der Waals surface area contributed by atoms with Crippen LogP contribution in [-0.2, 0) is 16.0 Å². The number of benzene rings is 1. The molecule has 8 heteroatoms. The van der Waals surface area contributed by atoms with Crippen molar-refractivity contribution in [3.63, 3.8) is 0 Å². The molecule has 2 amide bonds. The van der Waals surface area contributed by atoms with Crippen molar-refractivity contribution in [1.82, 2.24) is 15.5 Å². The average Bonchev–Trinajstić information content (AvgIpc) is 3.18. The van der Waals surface area contributed by atoms with Crippen LogP contribution in [0.3, 0.4) is 0 Å². The van der Waals surface area contributed by atoms with E-state index >= 15 is 0 Å². The van der Waals surface area contributed by atoms with Crippen LogP contribution < -0.4 is 10.6 Å². The normalized spacial score (nSPS) is 22.2. The maximum Gasteiger partial charge on any atom is 0.237 e. The van der Waals surface area contributed by atoms with E-state index in [2.05, 4.69) is 10.6 Å². The molecule has 2 N–H and O–H groups in total. The lowest BCUT2D eigenvalue weighted by atomic mass is 9.97. The van der Waals surface area contributed by atoms with E-state index in [-0.39, 0.29) is 48.2 Å². The summed E-state index contributed by atoms with van der Waals surface area (Å²) in [5.41, 5.74) is -0.180. The molecular formula is C19H26ClF2N3O2. The third-order valence-corrected chi connectivity index (χ3v) is 5.20. The first-order valence-corrected chi connectivity index (χ1v) is 9.26. The predicted molar refractivity (Wildman–Crippen MR) is 101 cm³/mol. The van der Waals surface area contributed by atoms with Crippen LogP contribution in [0.25, 0.3) is 0 Å². The lowest BCUT2D eigenvalue weighted by Gasteiger charge is -2.33. The number of amides is 2. The zero-order valence-corrected chi connectivity index (χ0v) is 16.0. The molecule has 0 bridgehead atoms. The quantitative estimate of drug-likeness (QED) is 0.793. The predicted octanol–water partition coefficient (Wildman–Crippen LogP) is 2.04. The fourth-order valence-electron chi connectivity index (χ4n) is 3.70. The molecule has 2 fully saturated rings. The molecular weight excluding hydrogens is 376 g/mol. The standard InChI is InChI=1S/C19H25F2N3O2.ClH/c20-15-5-1-6-16(21)14(15)10-18(25)24-9-3-4-13(12-24)11-23-19(26)17-7-2-8-22-17;/h1,5-6,13,17,22H,2-4,7-12H2,(H,23,26);1H. The van der Waals surface area contributed by atoms with Crippen molar-refractivity contribution in [3.05, 3.63) is 35.4 Å². The summed E-state index contributed by atoms with van der Waals surface area (Å²) in [4.78, 5) is 26.2. The molecule has 2 aliphatic rings. The Morgan fingerprint density at radius 3 is 2.59 bits per heavy atom. The van der Waals surface area contributed by atoms with Crippen molar-refractivity contribution in [2.75, 3.05) is 26.2 Å². The van der Waals surface area contributed by atoms with Crippen molar-refractivity contribution in [3.8, 4) is 0 Å². The van der Waals surface area contributed by atoms with Gasteiger partial charge in [-0.15, -0.1) is 12.4 Å². The fraction of sp³-hybridized carbons (Fsp3) is 0.579. The van der Waals surface area contributed by atoms with Gasteiger partial charge in [-0.2, -0.15) is 0 Å². The fourth-order valence-corrected chi connectivity index (χ4v) is 3.70. The monoisotopic (exact) mass is 401 g/mol. The Morgan fingerprint density at radius 2 is 1.93 bits per heavy atom. The molecule has 0 saturated carbocycles. The van der Waals surface area contributed by atoms with Gasteiger partial charge in [-0.25, -0.2) is 8.78 Å². The minimum absolute atomic E-state index is 0. The van der Waals surface area contributed by atoms with Gasteiger partial charge in [0.2, 0.25) is 11.8 Å². The molecule has 2 unspecified atom stereocenters. The third kappa shape index (κ3) is 5.62. The molecule has 2 atom stereocenters. The van der Waals surface area contributed by atoms with Crippen LogP contribution in [0.15, 0.2) is 18.2 Å². The van der Waals surface area contributed by atoms with Crippen molar-refractivity contribution < 1.29 is 18.4 Å². The van der Waals surface area contributed by atoms with Crippen LogP contribution >= 0.6 is 12.4 Å². The lowest BCUT2D eigenvalue weighted by molar-refractivity contribution is -0.132.